The van der Waals surface area contributed by atoms with Crippen molar-refractivity contribution in [2.24, 2.45) is 0 Å². The van der Waals surface area contributed by atoms with Crippen molar-refractivity contribution < 1.29 is 0 Å². The third kappa shape index (κ3) is 1.84. The lowest BCUT2D eigenvalue weighted by Gasteiger charge is -2.03. The van der Waals surface area contributed by atoms with Gasteiger partial charge in [-0.3, -0.25) is 4.57 Å². The molecule has 0 amide bonds. The first-order valence-corrected chi connectivity index (χ1v) is 4.09. The third-order valence-electron chi connectivity index (χ3n) is 1.57. The van der Waals surface area contributed by atoms with Crippen LogP contribution in [-0.4, -0.2) is 16.1 Å². The molecule has 0 fully saturated rings. The molecule has 1 aromatic rings. The van der Waals surface area contributed by atoms with Crippen LogP contribution in [0.15, 0.2) is 17.1 Å². The molecule has 0 saturated carbocycles. The zero-order valence-electron chi connectivity index (χ0n) is 7.37. The summed E-state index contributed by atoms with van der Waals surface area (Å²) < 4.78 is 1.56. The van der Waals surface area contributed by atoms with Crippen LogP contribution in [0.25, 0.3) is 0 Å². The summed E-state index contributed by atoms with van der Waals surface area (Å²) in [7, 11) is 0. The van der Waals surface area contributed by atoms with E-state index in [4.69, 9.17) is 0 Å². The molecule has 0 spiro atoms. The van der Waals surface area contributed by atoms with Crippen molar-refractivity contribution in [3.63, 3.8) is 0 Å². The lowest BCUT2D eigenvalue weighted by atomic mass is 10.5. The minimum Gasteiger partial charge on any atom is -0.370 e. The van der Waals surface area contributed by atoms with Crippen LogP contribution in [-0.2, 0) is 6.54 Å². The van der Waals surface area contributed by atoms with Gasteiger partial charge in [0.05, 0.1) is 0 Å². The molecular formula is C8H13N3O. The number of hydrogen-bond donors (Lipinski definition) is 1. The standard InChI is InChI=1S/C8H13N3O/c1-3-9-7-5-6-11(4-2)8(12)10-7/h5-6H,3-4H2,1-2H3,(H,9,10,12). The molecule has 0 atom stereocenters. The maximum atomic E-state index is 11.2. The van der Waals surface area contributed by atoms with Crippen molar-refractivity contribution in [3.05, 3.63) is 22.7 Å². The summed E-state index contributed by atoms with van der Waals surface area (Å²) in [6.45, 7) is 5.32. The average Bonchev–Trinajstić information content (AvgIpc) is 2.05. The van der Waals surface area contributed by atoms with Crippen molar-refractivity contribution in [3.8, 4) is 0 Å². The number of nitrogens with one attached hydrogen (secondary N) is 1. The Hall–Kier alpha value is -1.32. The number of hydrogen-bond acceptors (Lipinski definition) is 3. The maximum Gasteiger partial charge on any atom is 0.349 e. The Balaban J connectivity index is 2.94. The number of aromatic nitrogens is 2. The van der Waals surface area contributed by atoms with E-state index >= 15 is 0 Å². The van der Waals surface area contributed by atoms with Crippen LogP contribution < -0.4 is 11.0 Å². The number of anilines is 1. The Morgan fingerprint density at radius 2 is 2.33 bits per heavy atom. The smallest absolute Gasteiger partial charge is 0.349 e. The fourth-order valence-corrected chi connectivity index (χ4v) is 0.949. The normalized spacial score (nSPS) is 9.83. The summed E-state index contributed by atoms with van der Waals surface area (Å²) in [5.74, 6) is 0.646. The monoisotopic (exact) mass is 167 g/mol. The van der Waals surface area contributed by atoms with Crippen LogP contribution >= 0.6 is 0 Å². The van der Waals surface area contributed by atoms with Crippen molar-refractivity contribution in [2.45, 2.75) is 20.4 Å². The highest BCUT2D eigenvalue weighted by molar-refractivity contribution is 5.31. The van der Waals surface area contributed by atoms with Gasteiger partial charge in [-0.15, -0.1) is 0 Å². The SMILES string of the molecule is CCNc1ccn(CC)c(=O)n1. The van der Waals surface area contributed by atoms with Gasteiger partial charge in [-0.2, -0.15) is 4.98 Å². The van der Waals surface area contributed by atoms with Gasteiger partial charge in [0.15, 0.2) is 0 Å². The van der Waals surface area contributed by atoms with Gasteiger partial charge < -0.3 is 5.32 Å². The van der Waals surface area contributed by atoms with Crippen molar-refractivity contribution in [2.75, 3.05) is 11.9 Å². The molecule has 0 bridgehead atoms. The zero-order chi connectivity index (χ0) is 8.97. The summed E-state index contributed by atoms with van der Waals surface area (Å²) in [5.41, 5.74) is -0.198. The van der Waals surface area contributed by atoms with Gasteiger partial charge in [0, 0.05) is 19.3 Å². The third-order valence-corrected chi connectivity index (χ3v) is 1.57. The predicted octanol–water partition coefficient (Wildman–Crippen LogP) is 0.695. The fourth-order valence-electron chi connectivity index (χ4n) is 0.949. The highest BCUT2D eigenvalue weighted by Gasteiger charge is 1.95. The summed E-state index contributed by atoms with van der Waals surface area (Å²) >= 11 is 0. The second kappa shape index (κ2) is 3.90. The van der Waals surface area contributed by atoms with Crippen LogP contribution in [0.1, 0.15) is 13.8 Å². The van der Waals surface area contributed by atoms with Crippen molar-refractivity contribution in [1.82, 2.24) is 9.55 Å². The van der Waals surface area contributed by atoms with Gasteiger partial charge in [-0.25, -0.2) is 4.79 Å². The summed E-state index contributed by atoms with van der Waals surface area (Å²) in [6.07, 6.45) is 1.74. The first-order chi connectivity index (χ1) is 5.77. The van der Waals surface area contributed by atoms with E-state index in [1.54, 1.807) is 16.8 Å². The summed E-state index contributed by atoms with van der Waals surface area (Å²) in [6, 6.07) is 1.80. The first-order valence-electron chi connectivity index (χ1n) is 4.09. The van der Waals surface area contributed by atoms with Crippen LogP contribution in [0.2, 0.25) is 0 Å². The Morgan fingerprint density at radius 3 is 2.83 bits per heavy atom. The number of nitrogens with zero attached hydrogens (tertiary/aromatic N) is 2. The van der Waals surface area contributed by atoms with E-state index in [2.05, 4.69) is 10.3 Å². The molecule has 66 valence electrons. The first kappa shape index (κ1) is 8.77. The molecule has 12 heavy (non-hydrogen) atoms. The van der Waals surface area contributed by atoms with E-state index in [-0.39, 0.29) is 5.69 Å². The van der Waals surface area contributed by atoms with Crippen LogP contribution in [0, 0.1) is 0 Å². The molecule has 0 radical (unpaired) electrons. The molecule has 0 aliphatic heterocycles. The average molecular weight is 167 g/mol. The Labute approximate surface area is 71.3 Å². The van der Waals surface area contributed by atoms with Gasteiger partial charge in [-0.1, -0.05) is 0 Å². The van der Waals surface area contributed by atoms with Gasteiger partial charge in [-0.05, 0) is 19.9 Å². The molecule has 4 heteroatoms. The molecular weight excluding hydrogens is 154 g/mol. The van der Waals surface area contributed by atoms with Crippen molar-refractivity contribution >= 4 is 5.82 Å². The molecule has 1 heterocycles. The molecule has 0 saturated heterocycles. The fraction of sp³-hybridized carbons (Fsp3) is 0.500. The highest BCUT2D eigenvalue weighted by Crippen LogP contribution is 1.95. The second-order valence-corrected chi connectivity index (χ2v) is 2.41. The summed E-state index contributed by atoms with van der Waals surface area (Å²) in [5, 5.41) is 2.98. The minimum absolute atomic E-state index is 0.198. The van der Waals surface area contributed by atoms with Gasteiger partial charge in [0.2, 0.25) is 0 Å². The predicted molar refractivity (Wildman–Crippen MR) is 48.3 cm³/mol. The van der Waals surface area contributed by atoms with Gasteiger partial charge in [0.1, 0.15) is 5.82 Å². The van der Waals surface area contributed by atoms with Gasteiger partial charge >= 0.3 is 5.69 Å². The quantitative estimate of drug-likeness (QED) is 0.720. The molecule has 1 aromatic heterocycles. The lowest BCUT2D eigenvalue weighted by Crippen LogP contribution is -2.22. The minimum atomic E-state index is -0.198. The summed E-state index contributed by atoms with van der Waals surface area (Å²) in [4.78, 5) is 15.0. The van der Waals surface area contributed by atoms with E-state index in [9.17, 15) is 4.79 Å². The van der Waals surface area contributed by atoms with E-state index in [0.29, 0.717) is 12.4 Å². The Morgan fingerprint density at radius 1 is 1.58 bits per heavy atom. The molecule has 0 unspecified atom stereocenters. The molecule has 0 aliphatic carbocycles. The van der Waals surface area contributed by atoms with Crippen LogP contribution in [0.4, 0.5) is 5.82 Å². The van der Waals surface area contributed by atoms with E-state index in [1.807, 2.05) is 13.8 Å². The van der Waals surface area contributed by atoms with Gasteiger partial charge in [0.25, 0.3) is 0 Å². The van der Waals surface area contributed by atoms with E-state index < -0.39 is 0 Å². The molecule has 0 aliphatic rings. The number of rotatable bonds is 3. The van der Waals surface area contributed by atoms with E-state index in [1.165, 1.54) is 0 Å². The van der Waals surface area contributed by atoms with Crippen LogP contribution in [0.3, 0.4) is 0 Å². The molecule has 4 nitrogen and oxygen atoms in total. The second-order valence-electron chi connectivity index (χ2n) is 2.41. The Kier molecular flexibility index (Phi) is 2.85. The largest absolute Gasteiger partial charge is 0.370 e. The highest BCUT2D eigenvalue weighted by atomic mass is 16.1. The zero-order valence-corrected chi connectivity index (χ0v) is 7.37. The lowest BCUT2D eigenvalue weighted by molar-refractivity contribution is 0.700. The van der Waals surface area contributed by atoms with Crippen molar-refractivity contribution in [1.29, 1.82) is 0 Å². The van der Waals surface area contributed by atoms with E-state index in [0.717, 1.165) is 6.54 Å². The number of aryl methyl sites for hydroxylation is 1. The Bertz CT molecular complexity index is 305. The molecule has 0 aromatic carbocycles. The molecule has 1 rings (SSSR count). The molecule has 1 N–H and O–H groups in total. The van der Waals surface area contributed by atoms with Crippen LogP contribution in [0.5, 0.6) is 0 Å². The maximum absolute atomic E-state index is 11.2. The topological polar surface area (TPSA) is 46.9 Å².